The molecular formula is C21H30O7P2. The lowest BCUT2D eigenvalue weighted by molar-refractivity contribution is 0.150. The summed E-state index contributed by atoms with van der Waals surface area (Å²) in [6, 6.07) is 17.0. The first-order valence-corrected chi connectivity index (χ1v) is 13.2. The maximum atomic E-state index is 13.5. The topological polar surface area (TPSA) is 80.3 Å². The third kappa shape index (κ3) is 6.27. The molecule has 2 rings (SSSR count). The fourth-order valence-corrected chi connectivity index (χ4v) is 7.62. The van der Waals surface area contributed by atoms with Crippen LogP contribution in [0.1, 0.15) is 27.7 Å². The molecule has 2 aromatic rings. The predicted molar refractivity (Wildman–Crippen MR) is 118 cm³/mol. The molecule has 0 aliphatic heterocycles. The molecule has 0 amide bonds. The summed E-state index contributed by atoms with van der Waals surface area (Å²) >= 11 is 0. The number of hydrogen-bond donors (Lipinski definition) is 0. The second-order valence-electron chi connectivity index (χ2n) is 6.09. The third-order valence-electron chi connectivity index (χ3n) is 3.98. The normalized spacial score (nSPS) is 12.3. The van der Waals surface area contributed by atoms with Crippen molar-refractivity contribution < 1.29 is 32.0 Å². The van der Waals surface area contributed by atoms with Gasteiger partial charge in [0.2, 0.25) is 0 Å². The van der Waals surface area contributed by atoms with E-state index < -0.39 is 20.8 Å². The van der Waals surface area contributed by atoms with Crippen LogP contribution in [0.5, 0.6) is 5.75 Å². The molecule has 30 heavy (non-hydrogen) atoms. The van der Waals surface area contributed by atoms with E-state index in [0.29, 0.717) is 5.75 Å². The summed E-state index contributed by atoms with van der Waals surface area (Å²) in [5, 5.41) is 0. The molecule has 0 radical (unpaired) electrons. The van der Waals surface area contributed by atoms with Gasteiger partial charge in [-0.15, -0.1) is 0 Å². The van der Waals surface area contributed by atoms with Crippen LogP contribution in [0.25, 0.3) is 11.1 Å². The largest absolute Gasteiger partial charge is 0.465 e. The van der Waals surface area contributed by atoms with E-state index in [-0.39, 0.29) is 26.4 Å². The Morgan fingerprint density at radius 2 is 1.03 bits per heavy atom. The average molecular weight is 456 g/mol. The van der Waals surface area contributed by atoms with Crippen LogP contribution < -0.4 is 4.74 Å². The zero-order valence-corrected chi connectivity index (χ0v) is 19.6. The molecule has 0 heterocycles. The molecule has 0 saturated heterocycles. The van der Waals surface area contributed by atoms with Gasteiger partial charge in [0.1, 0.15) is 5.75 Å². The van der Waals surface area contributed by atoms with Crippen molar-refractivity contribution in [2.75, 3.05) is 26.4 Å². The Labute approximate surface area is 178 Å². The highest BCUT2D eigenvalue weighted by Crippen LogP contribution is 2.70. The van der Waals surface area contributed by atoms with Gasteiger partial charge in [-0.05, 0) is 51.0 Å². The molecule has 0 aromatic heterocycles. The van der Waals surface area contributed by atoms with Gasteiger partial charge in [-0.25, -0.2) is 0 Å². The summed E-state index contributed by atoms with van der Waals surface area (Å²) in [6.45, 7) is 7.02. The van der Waals surface area contributed by atoms with Crippen LogP contribution >= 0.6 is 15.2 Å². The summed E-state index contributed by atoms with van der Waals surface area (Å²) in [7, 11) is -7.96. The van der Waals surface area contributed by atoms with Crippen LogP contribution in [0, 0.1) is 0 Å². The van der Waals surface area contributed by atoms with E-state index in [1.165, 1.54) is 0 Å². The van der Waals surface area contributed by atoms with E-state index in [4.69, 9.17) is 22.8 Å². The number of ether oxygens (including phenoxy) is 1. The van der Waals surface area contributed by atoms with Crippen molar-refractivity contribution >= 4 is 15.2 Å². The molecule has 9 heteroatoms. The van der Waals surface area contributed by atoms with Gasteiger partial charge in [-0.3, -0.25) is 9.13 Å². The van der Waals surface area contributed by atoms with Gasteiger partial charge in [-0.1, -0.05) is 42.5 Å². The van der Waals surface area contributed by atoms with E-state index in [1.54, 1.807) is 39.8 Å². The lowest BCUT2D eigenvalue weighted by Gasteiger charge is -2.31. The van der Waals surface area contributed by atoms with E-state index in [2.05, 4.69) is 0 Å². The Morgan fingerprint density at radius 1 is 0.633 bits per heavy atom. The summed E-state index contributed by atoms with van der Waals surface area (Å²) in [5.41, 5.74) is 0.478. The first-order valence-electron chi connectivity index (χ1n) is 10.0. The second kappa shape index (κ2) is 11.8. The van der Waals surface area contributed by atoms with Gasteiger partial charge in [0.05, 0.1) is 26.4 Å². The van der Waals surface area contributed by atoms with Crippen molar-refractivity contribution in [2.45, 2.75) is 33.3 Å². The Kier molecular flexibility index (Phi) is 9.76. The third-order valence-corrected chi connectivity index (χ3v) is 9.44. The van der Waals surface area contributed by atoms with Crippen LogP contribution in [0.3, 0.4) is 0 Å². The monoisotopic (exact) mass is 456 g/mol. The summed E-state index contributed by atoms with van der Waals surface area (Å²) in [4.78, 5) is 0. The average Bonchev–Trinajstić information content (AvgIpc) is 2.73. The van der Waals surface area contributed by atoms with E-state index in [0.717, 1.165) is 11.1 Å². The minimum absolute atomic E-state index is 0.0856. The van der Waals surface area contributed by atoms with Crippen molar-refractivity contribution in [3.63, 3.8) is 0 Å². The number of benzene rings is 2. The van der Waals surface area contributed by atoms with Crippen molar-refractivity contribution in [1.29, 1.82) is 0 Å². The van der Waals surface area contributed by atoms with Crippen molar-refractivity contribution in [2.24, 2.45) is 0 Å². The van der Waals surface area contributed by atoms with E-state index in [9.17, 15) is 9.13 Å². The van der Waals surface area contributed by atoms with Gasteiger partial charge in [0.15, 0.2) is 0 Å². The zero-order valence-electron chi connectivity index (χ0n) is 17.9. The first kappa shape index (κ1) is 24.8. The first-order chi connectivity index (χ1) is 14.4. The zero-order chi connectivity index (χ0) is 22.0. The fourth-order valence-electron chi connectivity index (χ4n) is 2.83. The van der Waals surface area contributed by atoms with Crippen molar-refractivity contribution in [1.82, 2.24) is 0 Å². The summed E-state index contributed by atoms with van der Waals surface area (Å²) in [6.07, 6.45) is 0. The van der Waals surface area contributed by atoms with Gasteiger partial charge < -0.3 is 22.8 Å². The maximum absolute atomic E-state index is 13.5. The van der Waals surface area contributed by atoms with Crippen LogP contribution in [0.4, 0.5) is 0 Å². The highest BCUT2D eigenvalue weighted by Gasteiger charge is 2.53. The molecule has 7 nitrogen and oxygen atoms in total. The maximum Gasteiger partial charge on any atom is 0.383 e. The molecule has 0 spiro atoms. The number of hydrogen-bond acceptors (Lipinski definition) is 7. The van der Waals surface area contributed by atoms with Crippen LogP contribution in [0.15, 0.2) is 54.6 Å². The molecular weight excluding hydrogens is 426 g/mol. The van der Waals surface area contributed by atoms with Gasteiger partial charge in [0.25, 0.3) is 5.59 Å². The van der Waals surface area contributed by atoms with Crippen LogP contribution in [-0.2, 0) is 27.2 Å². The van der Waals surface area contributed by atoms with E-state index >= 15 is 0 Å². The van der Waals surface area contributed by atoms with Crippen LogP contribution in [0.2, 0.25) is 0 Å². The molecule has 0 aliphatic carbocycles. The Hall–Kier alpha value is -1.46. The smallest absolute Gasteiger partial charge is 0.383 e. The molecule has 0 fully saturated rings. The van der Waals surface area contributed by atoms with Gasteiger partial charge >= 0.3 is 15.2 Å². The molecule has 0 unspecified atom stereocenters. The minimum Gasteiger partial charge on any atom is -0.465 e. The molecule has 0 bridgehead atoms. The van der Waals surface area contributed by atoms with Crippen molar-refractivity contribution in [3.8, 4) is 16.9 Å². The standard InChI is InChI=1S/C21H30O7P2/c1-5-24-29(22,25-6-2)21(30(23,26-7-3)27-8-4)28-20-16-14-19(15-17-20)18-12-10-9-11-13-18/h9-17,21H,5-8H2,1-4H3. The highest BCUT2D eigenvalue weighted by atomic mass is 31.2. The minimum atomic E-state index is -3.98. The van der Waals surface area contributed by atoms with E-state index in [1.807, 2.05) is 42.5 Å². The second-order valence-corrected chi connectivity index (χ2v) is 10.6. The SMILES string of the molecule is CCOP(=O)(OCC)C(Oc1ccc(-c2ccccc2)cc1)P(=O)(OCC)OCC. The molecule has 2 aromatic carbocycles. The highest BCUT2D eigenvalue weighted by molar-refractivity contribution is 7.72. The fraction of sp³-hybridized carbons (Fsp3) is 0.429. The quantitative estimate of drug-likeness (QED) is 0.316. The molecule has 0 atom stereocenters. The van der Waals surface area contributed by atoms with Gasteiger partial charge in [0, 0.05) is 0 Å². The van der Waals surface area contributed by atoms with Crippen molar-refractivity contribution in [3.05, 3.63) is 54.6 Å². The predicted octanol–water partition coefficient (Wildman–Crippen LogP) is 6.55. The Morgan fingerprint density at radius 3 is 1.43 bits per heavy atom. The Balaban J connectivity index is 2.41. The lowest BCUT2D eigenvalue weighted by Crippen LogP contribution is -2.23. The lowest BCUT2D eigenvalue weighted by atomic mass is 10.1. The molecule has 0 N–H and O–H groups in total. The molecule has 0 aliphatic rings. The van der Waals surface area contributed by atoms with Crippen LogP contribution in [-0.4, -0.2) is 32.0 Å². The Bertz CT molecular complexity index is 805. The molecule has 0 saturated carbocycles. The van der Waals surface area contributed by atoms with Gasteiger partial charge in [-0.2, -0.15) is 0 Å². The number of rotatable bonds is 13. The molecule has 166 valence electrons. The summed E-state index contributed by atoms with van der Waals surface area (Å²) in [5.74, 6) is 0.346. The summed E-state index contributed by atoms with van der Waals surface area (Å²) < 4.78 is 54.6.